The standard InChI is InChI=1S/C19H25N3O/c1-2-20-19(21-14-18-9-6-12-23-18)22-11-10-17(15-22)13-16-7-4-3-5-8-16/h3-9,12,17H,2,10-11,13-15H2,1H3,(H,20,21). The van der Waals surface area contributed by atoms with E-state index in [1.807, 2.05) is 12.1 Å². The van der Waals surface area contributed by atoms with Gasteiger partial charge in [-0.2, -0.15) is 0 Å². The van der Waals surface area contributed by atoms with Gasteiger partial charge in [0, 0.05) is 19.6 Å². The van der Waals surface area contributed by atoms with E-state index in [0.29, 0.717) is 12.5 Å². The van der Waals surface area contributed by atoms with E-state index in [4.69, 9.17) is 9.41 Å². The highest BCUT2D eigenvalue weighted by Crippen LogP contribution is 2.21. The van der Waals surface area contributed by atoms with Crippen molar-refractivity contribution in [2.75, 3.05) is 19.6 Å². The molecule has 0 amide bonds. The highest BCUT2D eigenvalue weighted by molar-refractivity contribution is 5.80. The van der Waals surface area contributed by atoms with Crippen molar-refractivity contribution in [3.63, 3.8) is 0 Å². The molecule has 1 aromatic heterocycles. The summed E-state index contributed by atoms with van der Waals surface area (Å²) < 4.78 is 5.37. The molecule has 1 saturated heterocycles. The number of rotatable bonds is 5. The first-order valence-electron chi connectivity index (χ1n) is 8.44. The van der Waals surface area contributed by atoms with Crippen molar-refractivity contribution in [2.24, 2.45) is 10.9 Å². The van der Waals surface area contributed by atoms with E-state index in [-0.39, 0.29) is 0 Å². The first-order valence-corrected chi connectivity index (χ1v) is 8.44. The predicted molar refractivity (Wildman–Crippen MR) is 93.3 cm³/mol. The molecule has 2 aromatic rings. The van der Waals surface area contributed by atoms with E-state index >= 15 is 0 Å². The highest BCUT2D eigenvalue weighted by atomic mass is 16.3. The predicted octanol–water partition coefficient (Wildman–Crippen LogP) is 3.31. The summed E-state index contributed by atoms with van der Waals surface area (Å²) in [4.78, 5) is 7.09. The zero-order valence-electron chi connectivity index (χ0n) is 13.7. The van der Waals surface area contributed by atoms with Crippen molar-refractivity contribution < 1.29 is 4.42 Å². The van der Waals surface area contributed by atoms with Gasteiger partial charge in [0.25, 0.3) is 0 Å². The van der Waals surface area contributed by atoms with Crippen molar-refractivity contribution in [3.8, 4) is 0 Å². The molecule has 0 bridgehead atoms. The van der Waals surface area contributed by atoms with Gasteiger partial charge < -0.3 is 14.6 Å². The summed E-state index contributed by atoms with van der Waals surface area (Å²) in [5.41, 5.74) is 1.43. The first-order chi connectivity index (χ1) is 11.3. The van der Waals surface area contributed by atoms with Gasteiger partial charge in [0.2, 0.25) is 0 Å². The van der Waals surface area contributed by atoms with Gasteiger partial charge in [-0.15, -0.1) is 0 Å². The van der Waals surface area contributed by atoms with Gasteiger partial charge in [0.05, 0.1) is 6.26 Å². The van der Waals surface area contributed by atoms with Gasteiger partial charge in [-0.1, -0.05) is 30.3 Å². The third kappa shape index (κ3) is 4.38. The normalized spacial score (nSPS) is 18.4. The lowest BCUT2D eigenvalue weighted by Crippen LogP contribution is -2.40. The number of aliphatic imine (C=N–C) groups is 1. The second-order valence-corrected chi connectivity index (χ2v) is 6.04. The molecule has 1 aromatic carbocycles. The van der Waals surface area contributed by atoms with Gasteiger partial charge in [0.1, 0.15) is 12.3 Å². The molecule has 1 aliphatic rings. The molecule has 0 aliphatic carbocycles. The van der Waals surface area contributed by atoms with Crippen LogP contribution in [0.4, 0.5) is 0 Å². The Labute approximate surface area is 138 Å². The molecule has 4 nitrogen and oxygen atoms in total. The fourth-order valence-electron chi connectivity index (χ4n) is 3.12. The van der Waals surface area contributed by atoms with E-state index in [9.17, 15) is 0 Å². The molecule has 0 spiro atoms. The second kappa shape index (κ2) is 7.86. The smallest absolute Gasteiger partial charge is 0.194 e. The molecule has 23 heavy (non-hydrogen) atoms. The molecule has 1 atom stereocenters. The number of likely N-dealkylation sites (tertiary alicyclic amines) is 1. The number of hydrogen-bond donors (Lipinski definition) is 1. The Bertz CT molecular complexity index is 607. The Morgan fingerprint density at radius 1 is 1.26 bits per heavy atom. The number of guanidine groups is 1. The maximum absolute atomic E-state index is 5.37. The first kappa shape index (κ1) is 15.7. The average Bonchev–Trinajstić information content (AvgIpc) is 3.24. The number of nitrogens with zero attached hydrogens (tertiary/aromatic N) is 2. The molecule has 4 heteroatoms. The number of hydrogen-bond acceptors (Lipinski definition) is 2. The van der Waals surface area contributed by atoms with Crippen LogP contribution in [-0.4, -0.2) is 30.5 Å². The summed E-state index contributed by atoms with van der Waals surface area (Å²) >= 11 is 0. The molecule has 2 heterocycles. The third-order valence-electron chi connectivity index (χ3n) is 4.25. The molecule has 0 radical (unpaired) electrons. The minimum absolute atomic E-state index is 0.592. The van der Waals surface area contributed by atoms with Gasteiger partial charge in [-0.05, 0) is 43.4 Å². The lowest BCUT2D eigenvalue weighted by molar-refractivity contribution is 0.456. The summed E-state index contributed by atoms with van der Waals surface area (Å²) in [5.74, 6) is 2.60. The zero-order chi connectivity index (χ0) is 15.9. The van der Waals surface area contributed by atoms with E-state index in [0.717, 1.165) is 37.8 Å². The molecular formula is C19H25N3O. The van der Waals surface area contributed by atoms with Gasteiger partial charge in [0.15, 0.2) is 5.96 Å². The minimum Gasteiger partial charge on any atom is -0.467 e. The van der Waals surface area contributed by atoms with Crippen LogP contribution in [0.3, 0.4) is 0 Å². The van der Waals surface area contributed by atoms with E-state index in [2.05, 4.69) is 47.5 Å². The monoisotopic (exact) mass is 311 g/mol. The van der Waals surface area contributed by atoms with Crippen molar-refractivity contribution in [3.05, 3.63) is 60.1 Å². The van der Waals surface area contributed by atoms with Crippen LogP contribution in [0.1, 0.15) is 24.7 Å². The third-order valence-corrected chi connectivity index (χ3v) is 4.25. The van der Waals surface area contributed by atoms with Gasteiger partial charge in [-0.3, -0.25) is 0 Å². The van der Waals surface area contributed by atoms with Crippen LogP contribution in [0.25, 0.3) is 0 Å². The fraction of sp³-hybridized carbons (Fsp3) is 0.421. The Balaban J connectivity index is 1.59. The zero-order valence-corrected chi connectivity index (χ0v) is 13.7. The van der Waals surface area contributed by atoms with Crippen LogP contribution >= 0.6 is 0 Å². The molecule has 1 unspecified atom stereocenters. The van der Waals surface area contributed by atoms with Crippen LogP contribution in [0.5, 0.6) is 0 Å². The van der Waals surface area contributed by atoms with E-state index in [1.165, 1.54) is 12.0 Å². The van der Waals surface area contributed by atoms with Crippen molar-refractivity contribution in [1.82, 2.24) is 10.2 Å². The van der Waals surface area contributed by atoms with Crippen molar-refractivity contribution >= 4 is 5.96 Å². The highest BCUT2D eigenvalue weighted by Gasteiger charge is 2.24. The Hall–Kier alpha value is -2.23. The molecule has 1 N–H and O–H groups in total. The lowest BCUT2D eigenvalue weighted by Gasteiger charge is -2.21. The minimum atomic E-state index is 0.592. The summed E-state index contributed by atoms with van der Waals surface area (Å²) in [6.45, 7) is 5.73. The molecule has 0 saturated carbocycles. The van der Waals surface area contributed by atoms with E-state index in [1.54, 1.807) is 6.26 Å². The summed E-state index contributed by atoms with van der Waals surface area (Å²) in [5, 5.41) is 3.41. The molecule has 1 fully saturated rings. The van der Waals surface area contributed by atoms with Crippen molar-refractivity contribution in [1.29, 1.82) is 0 Å². The fourth-order valence-corrected chi connectivity index (χ4v) is 3.12. The van der Waals surface area contributed by atoms with Crippen LogP contribution < -0.4 is 5.32 Å². The van der Waals surface area contributed by atoms with Crippen LogP contribution in [-0.2, 0) is 13.0 Å². The van der Waals surface area contributed by atoms with Crippen LogP contribution in [0.15, 0.2) is 58.1 Å². The quantitative estimate of drug-likeness (QED) is 0.680. The number of furan rings is 1. The largest absolute Gasteiger partial charge is 0.467 e. The SMILES string of the molecule is CCNC(=NCc1ccco1)N1CCC(Cc2ccccc2)C1. The van der Waals surface area contributed by atoms with Crippen LogP contribution in [0.2, 0.25) is 0 Å². The lowest BCUT2D eigenvalue weighted by atomic mass is 9.99. The summed E-state index contributed by atoms with van der Waals surface area (Å²) in [6, 6.07) is 14.6. The molecule has 1 aliphatic heterocycles. The average molecular weight is 311 g/mol. The molecule has 3 rings (SSSR count). The Morgan fingerprint density at radius 3 is 2.87 bits per heavy atom. The topological polar surface area (TPSA) is 40.8 Å². The van der Waals surface area contributed by atoms with Crippen LogP contribution in [0, 0.1) is 5.92 Å². The summed E-state index contributed by atoms with van der Waals surface area (Å²) in [7, 11) is 0. The van der Waals surface area contributed by atoms with Gasteiger partial charge in [-0.25, -0.2) is 4.99 Å². The number of benzene rings is 1. The van der Waals surface area contributed by atoms with Crippen molar-refractivity contribution in [2.45, 2.75) is 26.3 Å². The van der Waals surface area contributed by atoms with E-state index < -0.39 is 0 Å². The maximum Gasteiger partial charge on any atom is 0.194 e. The Kier molecular flexibility index (Phi) is 5.35. The molecule has 122 valence electrons. The maximum atomic E-state index is 5.37. The number of nitrogens with one attached hydrogen (secondary N) is 1. The Morgan fingerprint density at radius 2 is 2.13 bits per heavy atom. The molecular weight excluding hydrogens is 286 g/mol. The van der Waals surface area contributed by atoms with Gasteiger partial charge >= 0.3 is 0 Å². The second-order valence-electron chi connectivity index (χ2n) is 6.04. The summed E-state index contributed by atoms with van der Waals surface area (Å²) in [6.07, 6.45) is 4.07.